The summed E-state index contributed by atoms with van der Waals surface area (Å²) in [6, 6.07) is 0.203. The lowest BCUT2D eigenvalue weighted by molar-refractivity contribution is 0.0989. The number of amides is 1. The Morgan fingerprint density at radius 1 is 1.52 bits per heavy atom. The molecule has 1 atom stereocenters. The van der Waals surface area contributed by atoms with Crippen LogP contribution in [0.1, 0.15) is 53.4 Å². The van der Waals surface area contributed by atoms with Crippen LogP contribution in [0.4, 0.5) is 0 Å². The Kier molecular flexibility index (Phi) is 4.42. The number of piperidine rings is 1. The maximum atomic E-state index is 11.1. The normalized spacial score (nSPS) is 19.1. The van der Waals surface area contributed by atoms with E-state index in [1.807, 2.05) is 6.92 Å². The summed E-state index contributed by atoms with van der Waals surface area (Å²) in [7, 11) is 0. The van der Waals surface area contributed by atoms with E-state index in [2.05, 4.69) is 27.1 Å². The van der Waals surface area contributed by atoms with Crippen molar-refractivity contribution in [1.82, 2.24) is 24.8 Å². The van der Waals surface area contributed by atoms with E-state index in [0.29, 0.717) is 0 Å². The quantitative estimate of drug-likeness (QED) is 0.884. The molecule has 1 fully saturated rings. The van der Waals surface area contributed by atoms with Crippen LogP contribution in [0, 0.1) is 6.92 Å². The summed E-state index contributed by atoms with van der Waals surface area (Å²) < 4.78 is 7.07. The molecule has 8 nitrogen and oxygen atoms in total. The van der Waals surface area contributed by atoms with E-state index in [9.17, 15) is 4.79 Å². The van der Waals surface area contributed by atoms with Gasteiger partial charge < -0.3 is 10.3 Å². The van der Waals surface area contributed by atoms with Gasteiger partial charge in [0.1, 0.15) is 12.1 Å². The van der Waals surface area contributed by atoms with Gasteiger partial charge in [0.25, 0.3) is 5.91 Å². The van der Waals surface area contributed by atoms with E-state index in [4.69, 9.17) is 10.3 Å². The van der Waals surface area contributed by atoms with E-state index in [-0.39, 0.29) is 11.9 Å². The number of likely N-dealkylation sites (tertiary alicyclic amines) is 1. The van der Waals surface area contributed by atoms with Gasteiger partial charge in [0, 0.05) is 18.7 Å². The van der Waals surface area contributed by atoms with Gasteiger partial charge in [-0.25, -0.2) is 9.67 Å². The molecule has 2 N–H and O–H groups in total. The van der Waals surface area contributed by atoms with Gasteiger partial charge in [0.2, 0.25) is 5.82 Å². The minimum absolute atomic E-state index is 0.0743. The second kappa shape index (κ2) is 6.49. The average molecular weight is 318 g/mol. The number of rotatable bonds is 5. The summed E-state index contributed by atoms with van der Waals surface area (Å²) in [5, 5.41) is 8.31. The van der Waals surface area contributed by atoms with Crippen molar-refractivity contribution in [3.05, 3.63) is 29.2 Å². The Balaban J connectivity index is 1.70. The number of hydrogen-bond donors (Lipinski definition) is 1. The van der Waals surface area contributed by atoms with Crippen LogP contribution >= 0.6 is 0 Å². The van der Waals surface area contributed by atoms with E-state index in [0.717, 1.165) is 50.4 Å². The lowest BCUT2D eigenvalue weighted by Crippen LogP contribution is -2.36. The maximum Gasteiger partial charge on any atom is 0.288 e. The first-order valence-electron chi connectivity index (χ1n) is 7.95. The first-order chi connectivity index (χ1) is 11.1. The molecule has 0 aromatic carbocycles. The van der Waals surface area contributed by atoms with Crippen LogP contribution in [0.15, 0.2) is 10.9 Å². The molecule has 1 aliphatic heterocycles. The van der Waals surface area contributed by atoms with Crippen molar-refractivity contribution >= 4 is 5.91 Å². The van der Waals surface area contributed by atoms with Crippen LogP contribution in [0.5, 0.6) is 0 Å². The Morgan fingerprint density at radius 2 is 2.35 bits per heavy atom. The molecule has 0 radical (unpaired) electrons. The maximum absolute atomic E-state index is 11.1. The SMILES string of the molecule is CCc1noc(C)c1CN1CCC[C@H](n2cnc(C(N)=O)n2)C1. The molecule has 0 bridgehead atoms. The molecule has 23 heavy (non-hydrogen) atoms. The Hall–Kier alpha value is -2.22. The number of aromatic nitrogens is 4. The monoisotopic (exact) mass is 318 g/mol. The number of nitrogens with zero attached hydrogens (tertiary/aromatic N) is 5. The second-order valence-electron chi connectivity index (χ2n) is 5.96. The van der Waals surface area contributed by atoms with Gasteiger partial charge in [-0.3, -0.25) is 9.69 Å². The molecule has 2 aromatic heterocycles. The molecular formula is C15H22N6O2. The molecule has 3 rings (SSSR count). The van der Waals surface area contributed by atoms with Gasteiger partial charge in [-0.2, -0.15) is 0 Å². The molecule has 0 saturated carbocycles. The van der Waals surface area contributed by atoms with Crippen LogP contribution < -0.4 is 5.73 Å². The van der Waals surface area contributed by atoms with Gasteiger partial charge in [0.05, 0.1) is 11.7 Å². The second-order valence-corrected chi connectivity index (χ2v) is 5.96. The number of hydrogen-bond acceptors (Lipinski definition) is 6. The third kappa shape index (κ3) is 3.26. The summed E-state index contributed by atoms with van der Waals surface area (Å²) in [5.74, 6) is 0.370. The van der Waals surface area contributed by atoms with Crippen molar-refractivity contribution < 1.29 is 9.32 Å². The van der Waals surface area contributed by atoms with Crippen molar-refractivity contribution in [2.24, 2.45) is 5.73 Å². The fraction of sp³-hybridized carbons (Fsp3) is 0.600. The van der Waals surface area contributed by atoms with Crippen LogP contribution in [0.25, 0.3) is 0 Å². The van der Waals surface area contributed by atoms with Gasteiger partial charge in [-0.1, -0.05) is 12.1 Å². The summed E-state index contributed by atoms with van der Waals surface area (Å²) >= 11 is 0. The standard InChI is InChI=1S/C15H22N6O2/c1-3-13-12(10(2)23-19-13)8-20-6-4-5-11(7-20)21-9-17-15(18-21)14(16)22/h9,11H,3-8H2,1-2H3,(H2,16,22)/t11-/m0/s1. The fourth-order valence-corrected chi connectivity index (χ4v) is 3.10. The van der Waals surface area contributed by atoms with Crippen LogP contribution in [-0.2, 0) is 13.0 Å². The van der Waals surface area contributed by atoms with E-state index >= 15 is 0 Å². The molecule has 2 aromatic rings. The predicted octanol–water partition coefficient (Wildman–Crippen LogP) is 1.07. The Labute approximate surface area is 134 Å². The Morgan fingerprint density at radius 3 is 3.04 bits per heavy atom. The Bertz CT molecular complexity index is 692. The van der Waals surface area contributed by atoms with Crippen molar-refractivity contribution in [2.75, 3.05) is 13.1 Å². The minimum atomic E-state index is -0.593. The highest BCUT2D eigenvalue weighted by Crippen LogP contribution is 2.24. The van der Waals surface area contributed by atoms with Crippen LogP contribution in [-0.4, -0.2) is 43.8 Å². The smallest absolute Gasteiger partial charge is 0.288 e. The topological polar surface area (TPSA) is 103 Å². The zero-order chi connectivity index (χ0) is 16.4. The van der Waals surface area contributed by atoms with E-state index in [1.165, 1.54) is 5.56 Å². The van der Waals surface area contributed by atoms with Gasteiger partial charge in [-0.05, 0) is 32.7 Å². The first kappa shape index (κ1) is 15.7. The molecule has 0 spiro atoms. The summed E-state index contributed by atoms with van der Waals surface area (Å²) in [6.07, 6.45) is 4.55. The molecule has 1 amide bonds. The number of carbonyl (C=O) groups excluding carboxylic acids is 1. The zero-order valence-corrected chi connectivity index (χ0v) is 13.5. The molecule has 0 unspecified atom stereocenters. The molecule has 1 saturated heterocycles. The van der Waals surface area contributed by atoms with Crippen LogP contribution in [0.2, 0.25) is 0 Å². The van der Waals surface area contributed by atoms with E-state index in [1.54, 1.807) is 11.0 Å². The van der Waals surface area contributed by atoms with Crippen molar-refractivity contribution in [1.29, 1.82) is 0 Å². The van der Waals surface area contributed by atoms with Gasteiger partial charge in [-0.15, -0.1) is 5.10 Å². The predicted molar refractivity (Wildman–Crippen MR) is 82.7 cm³/mol. The van der Waals surface area contributed by atoms with Crippen molar-refractivity contribution in [3.63, 3.8) is 0 Å². The largest absolute Gasteiger partial charge is 0.363 e. The highest BCUT2D eigenvalue weighted by molar-refractivity contribution is 5.88. The van der Waals surface area contributed by atoms with E-state index < -0.39 is 5.91 Å². The molecule has 8 heteroatoms. The van der Waals surface area contributed by atoms with Crippen LogP contribution in [0.3, 0.4) is 0 Å². The summed E-state index contributed by atoms with van der Waals surface area (Å²) in [6.45, 7) is 6.75. The third-order valence-corrected chi connectivity index (χ3v) is 4.37. The number of nitrogens with two attached hydrogens (primary N) is 1. The summed E-state index contributed by atoms with van der Waals surface area (Å²) in [4.78, 5) is 17.5. The number of aryl methyl sites for hydroxylation is 2. The highest BCUT2D eigenvalue weighted by Gasteiger charge is 2.25. The number of primary amides is 1. The van der Waals surface area contributed by atoms with Crippen molar-refractivity contribution in [3.8, 4) is 0 Å². The molecular weight excluding hydrogens is 296 g/mol. The summed E-state index contributed by atoms with van der Waals surface area (Å²) in [5.41, 5.74) is 7.43. The molecule has 1 aliphatic rings. The first-order valence-corrected chi connectivity index (χ1v) is 7.95. The van der Waals surface area contributed by atoms with Gasteiger partial charge in [0.15, 0.2) is 0 Å². The molecule has 124 valence electrons. The fourth-order valence-electron chi connectivity index (χ4n) is 3.10. The molecule has 3 heterocycles. The lowest BCUT2D eigenvalue weighted by Gasteiger charge is -2.32. The molecule has 0 aliphatic carbocycles. The zero-order valence-electron chi connectivity index (χ0n) is 13.5. The van der Waals surface area contributed by atoms with Gasteiger partial charge >= 0.3 is 0 Å². The lowest BCUT2D eigenvalue weighted by atomic mass is 10.0. The van der Waals surface area contributed by atoms with Crippen molar-refractivity contribution in [2.45, 2.75) is 45.7 Å². The highest BCUT2D eigenvalue weighted by atomic mass is 16.5. The third-order valence-electron chi connectivity index (χ3n) is 4.37. The average Bonchev–Trinajstić information content (AvgIpc) is 3.16. The minimum Gasteiger partial charge on any atom is -0.363 e. The number of carbonyl (C=O) groups is 1.